The number of hydrogen-bond donors (Lipinski definition) is 0. The molecule has 116 heavy (non-hydrogen) atoms. The Balaban J connectivity index is 0.692. The SMILES string of the molecule is C=Cc1cccc(N(c2ccc(-c3ccc(N(C4=CC(C=Cc5cccc6c(N(c7cccc(C=C)c7)c7cccc(N(c8cccc(C=C)c8)c8cccc9ccccc89)c7)cccc56)=CCC4)c4ccc(-c5ccc(N(c6cccc(C=C)c6)C6c7ccccc7C=CC6C)cc5)cc4)cc3)cc2)c2cccc3ccccc23)c1. The maximum Gasteiger partial charge on any atom is 0.0657 e. The van der Waals surface area contributed by atoms with Gasteiger partial charge in [0.05, 0.1) is 23.1 Å². The Morgan fingerprint density at radius 2 is 0.690 bits per heavy atom. The van der Waals surface area contributed by atoms with Gasteiger partial charge in [0.15, 0.2) is 0 Å². The van der Waals surface area contributed by atoms with Crippen LogP contribution in [0.2, 0.25) is 0 Å². The number of allylic oxidation sites excluding steroid dienone is 5. The van der Waals surface area contributed by atoms with Gasteiger partial charge in [-0.05, 0) is 241 Å². The first-order valence-corrected chi connectivity index (χ1v) is 40.0. The topological polar surface area (TPSA) is 16.2 Å². The number of fused-ring (bicyclic) bond motifs is 4. The molecule has 5 heteroatoms. The quantitative estimate of drug-likeness (QED) is 0.0633. The van der Waals surface area contributed by atoms with Gasteiger partial charge in [0.1, 0.15) is 0 Å². The first-order chi connectivity index (χ1) is 57.2. The molecule has 0 aliphatic heterocycles. The van der Waals surface area contributed by atoms with Gasteiger partial charge >= 0.3 is 0 Å². The molecule has 18 rings (SSSR count). The van der Waals surface area contributed by atoms with Crippen molar-refractivity contribution in [1.82, 2.24) is 0 Å². The van der Waals surface area contributed by atoms with Crippen molar-refractivity contribution < 1.29 is 0 Å². The lowest BCUT2D eigenvalue weighted by molar-refractivity contribution is 0.548. The number of hydrogen-bond acceptors (Lipinski definition) is 5. The van der Waals surface area contributed by atoms with Gasteiger partial charge in [-0.1, -0.05) is 318 Å². The standard InChI is InChI=1S/C111H87N5/c1-6-79-26-16-38-97(72-79)113(108-49-22-35-88-31-10-13-44-104(88)108)94-68-60-86(61-69-94)84-56-64-92(65-57-84)112(93-66-58-85(59-67-93)87-62-70-95(71-63-87)116(100-41-19-29-82(9-4)75-100)111-78(5)52-54-91-33-12-15-46-106(91)111)96-37-20-30-83(76-96)53-55-90-34-21-48-107-103(90)47-25-51-110(107)115(99-40-18-28-81(8-3)74-99)102-43-24-42-101(77-102)114(98-39-17-27-80(7-2)73-98)109-50-23-36-89-32-11-14-45-105(89)109/h6-19,21-36,38-78,111H,1-4,20,37H2,5H3. The van der Waals surface area contributed by atoms with Crippen LogP contribution in [-0.4, -0.2) is 0 Å². The van der Waals surface area contributed by atoms with Crippen LogP contribution in [-0.2, 0) is 0 Å². The molecule has 2 atom stereocenters. The predicted molar refractivity (Wildman–Crippen MR) is 500 cm³/mol. The number of rotatable bonds is 23. The van der Waals surface area contributed by atoms with Crippen LogP contribution in [0.25, 0.3) is 91.0 Å². The van der Waals surface area contributed by atoms with Gasteiger partial charge in [-0.2, -0.15) is 0 Å². The van der Waals surface area contributed by atoms with Crippen LogP contribution >= 0.6 is 0 Å². The minimum Gasteiger partial charge on any atom is -0.333 e. The third kappa shape index (κ3) is 14.6. The Hall–Kier alpha value is -14.8. The van der Waals surface area contributed by atoms with Gasteiger partial charge in [0.2, 0.25) is 0 Å². The van der Waals surface area contributed by atoms with E-state index in [1.807, 2.05) is 24.3 Å². The molecule has 0 bridgehead atoms. The van der Waals surface area contributed by atoms with Crippen LogP contribution in [0.3, 0.4) is 0 Å². The Bertz CT molecular complexity index is 6520. The van der Waals surface area contributed by atoms with Gasteiger partial charge in [-0.15, -0.1) is 0 Å². The third-order valence-electron chi connectivity index (χ3n) is 22.7. The summed E-state index contributed by atoms with van der Waals surface area (Å²) in [4.78, 5) is 12.1. The Morgan fingerprint density at radius 3 is 1.21 bits per heavy atom. The maximum absolute atomic E-state index is 4.22. The summed E-state index contributed by atoms with van der Waals surface area (Å²) in [5.41, 5.74) is 28.7. The summed E-state index contributed by atoms with van der Waals surface area (Å²) in [7, 11) is 0. The van der Waals surface area contributed by atoms with Crippen molar-refractivity contribution in [1.29, 1.82) is 0 Å². The molecule has 556 valence electrons. The zero-order valence-corrected chi connectivity index (χ0v) is 65.0. The van der Waals surface area contributed by atoms with E-state index in [1.165, 1.54) is 33.0 Å². The molecule has 16 aromatic carbocycles. The van der Waals surface area contributed by atoms with Gasteiger partial charge in [0, 0.05) is 78.7 Å². The summed E-state index contributed by atoms with van der Waals surface area (Å²) in [5, 5.41) is 6.97. The van der Waals surface area contributed by atoms with E-state index in [0.29, 0.717) is 0 Å². The minimum atomic E-state index is 0.0879. The van der Waals surface area contributed by atoms with E-state index in [-0.39, 0.29) is 12.0 Å². The molecule has 2 aliphatic rings. The number of anilines is 13. The largest absolute Gasteiger partial charge is 0.333 e. The van der Waals surface area contributed by atoms with Crippen LogP contribution < -0.4 is 24.5 Å². The summed E-state index contributed by atoms with van der Waals surface area (Å²) < 4.78 is 0. The molecule has 0 heterocycles. The molecule has 0 spiro atoms. The fourth-order valence-electron chi connectivity index (χ4n) is 17.0. The van der Waals surface area contributed by atoms with Crippen LogP contribution in [0, 0.1) is 5.92 Å². The van der Waals surface area contributed by atoms with Gasteiger partial charge in [-0.25, -0.2) is 0 Å². The van der Waals surface area contributed by atoms with E-state index in [9.17, 15) is 0 Å². The Kier molecular flexibility index (Phi) is 20.4. The van der Waals surface area contributed by atoms with Crippen LogP contribution in [0.15, 0.2) is 426 Å². The zero-order valence-electron chi connectivity index (χ0n) is 65.0. The molecule has 0 aromatic heterocycles. The third-order valence-corrected chi connectivity index (χ3v) is 22.7. The van der Waals surface area contributed by atoms with Gasteiger partial charge < -0.3 is 24.5 Å². The van der Waals surface area contributed by atoms with Crippen LogP contribution in [0.5, 0.6) is 0 Å². The highest BCUT2D eigenvalue weighted by atomic mass is 15.2. The molecule has 0 radical (unpaired) electrons. The summed E-state index contributed by atoms with van der Waals surface area (Å²) in [6, 6.07) is 133. The molecule has 2 unspecified atom stereocenters. The summed E-state index contributed by atoms with van der Waals surface area (Å²) in [6.07, 6.45) is 23.4. The minimum absolute atomic E-state index is 0.0879. The lowest BCUT2D eigenvalue weighted by atomic mass is 9.84. The van der Waals surface area contributed by atoms with Crippen LogP contribution in [0.4, 0.5) is 73.9 Å². The van der Waals surface area contributed by atoms with Crippen molar-refractivity contribution in [3.63, 3.8) is 0 Å². The lowest BCUT2D eigenvalue weighted by Crippen LogP contribution is -2.30. The monoisotopic (exact) mass is 1490 g/mol. The molecular weight excluding hydrogens is 1400 g/mol. The van der Waals surface area contributed by atoms with E-state index in [4.69, 9.17) is 0 Å². The van der Waals surface area contributed by atoms with E-state index in [2.05, 4.69) is 458 Å². The van der Waals surface area contributed by atoms with Crippen molar-refractivity contribution in [3.05, 3.63) is 465 Å². The zero-order chi connectivity index (χ0) is 78.4. The average Bonchev–Trinajstić information content (AvgIpc) is 0.786. The fourth-order valence-corrected chi connectivity index (χ4v) is 17.0. The first kappa shape index (κ1) is 72.7. The van der Waals surface area contributed by atoms with Crippen molar-refractivity contribution in [2.75, 3.05) is 24.5 Å². The molecule has 0 saturated carbocycles. The molecule has 0 N–H and O–H groups in total. The van der Waals surface area contributed by atoms with Gasteiger partial charge in [0.25, 0.3) is 0 Å². The molecular formula is C111H87N5. The Morgan fingerprint density at radius 1 is 0.310 bits per heavy atom. The first-order valence-electron chi connectivity index (χ1n) is 40.0. The van der Waals surface area contributed by atoms with E-state index >= 15 is 0 Å². The normalized spacial score (nSPS) is 13.7. The molecule has 5 nitrogen and oxygen atoms in total. The molecule has 2 aliphatic carbocycles. The lowest BCUT2D eigenvalue weighted by Gasteiger charge is -2.39. The smallest absolute Gasteiger partial charge is 0.0657 e. The van der Waals surface area contributed by atoms with E-state index < -0.39 is 0 Å². The van der Waals surface area contributed by atoms with Crippen molar-refractivity contribution in [2.45, 2.75) is 25.8 Å². The second kappa shape index (κ2) is 32.5. The number of benzene rings is 16. The molecule has 0 amide bonds. The van der Waals surface area contributed by atoms with Crippen molar-refractivity contribution in [2.24, 2.45) is 5.92 Å². The second-order valence-corrected chi connectivity index (χ2v) is 29.8. The van der Waals surface area contributed by atoms with Crippen molar-refractivity contribution in [3.8, 4) is 22.3 Å². The summed E-state index contributed by atoms with van der Waals surface area (Å²) >= 11 is 0. The van der Waals surface area contributed by atoms with Crippen molar-refractivity contribution >= 4 is 143 Å². The summed E-state index contributed by atoms with van der Waals surface area (Å²) in [6.45, 7) is 19.0. The second-order valence-electron chi connectivity index (χ2n) is 29.8. The maximum atomic E-state index is 4.22. The fraction of sp³-hybridized carbons (Fsp3) is 0.0450. The van der Waals surface area contributed by atoms with Crippen LogP contribution in [0.1, 0.15) is 64.8 Å². The average molecular weight is 1490 g/mol. The highest BCUT2D eigenvalue weighted by molar-refractivity contribution is 6.05. The highest BCUT2D eigenvalue weighted by Gasteiger charge is 2.31. The molecule has 0 saturated heterocycles. The Labute approximate surface area is 681 Å². The summed E-state index contributed by atoms with van der Waals surface area (Å²) in [5.74, 6) is 0.259. The predicted octanol–water partition coefficient (Wildman–Crippen LogP) is 31.5. The van der Waals surface area contributed by atoms with E-state index in [0.717, 1.165) is 159 Å². The van der Waals surface area contributed by atoms with Gasteiger partial charge in [-0.3, -0.25) is 0 Å². The molecule has 0 fully saturated rings. The highest BCUT2D eigenvalue weighted by Crippen LogP contribution is 2.49. The molecule has 16 aromatic rings. The van der Waals surface area contributed by atoms with E-state index in [1.54, 1.807) is 0 Å². The number of nitrogens with zero attached hydrogens (tertiary/aromatic N) is 5.